The molecule has 7 nitrogen and oxygen atoms in total. The quantitative estimate of drug-likeness (QED) is 0.647. The van der Waals surface area contributed by atoms with Crippen LogP contribution in [0.15, 0.2) is 24.3 Å². The number of fused-ring (bicyclic) bond motifs is 1. The largest absolute Gasteiger partial charge is 0.469 e. The lowest BCUT2D eigenvalue weighted by Crippen LogP contribution is -2.15. The Kier molecular flexibility index (Phi) is 5.45. The molecule has 29 heavy (non-hydrogen) atoms. The van der Waals surface area contributed by atoms with Gasteiger partial charge in [-0.2, -0.15) is 17.7 Å². The molecule has 0 bridgehead atoms. The number of aryl methyl sites for hydroxylation is 1. The van der Waals surface area contributed by atoms with Crippen LogP contribution in [-0.4, -0.2) is 32.9 Å². The molecular formula is C19H20F3N5O2. The van der Waals surface area contributed by atoms with Crippen molar-refractivity contribution in [3.05, 3.63) is 46.8 Å². The first kappa shape index (κ1) is 20.6. The minimum Gasteiger partial charge on any atom is -0.469 e. The van der Waals surface area contributed by atoms with E-state index in [1.165, 1.54) is 7.11 Å². The molecule has 0 amide bonds. The summed E-state index contributed by atoms with van der Waals surface area (Å²) in [7, 11) is 1.35. The molecule has 1 N–H and O–H groups in total. The Labute approximate surface area is 164 Å². The number of nitrogens with zero attached hydrogens (tertiary/aromatic N) is 4. The van der Waals surface area contributed by atoms with Gasteiger partial charge in [-0.1, -0.05) is 19.1 Å². The molecule has 10 heteroatoms. The first-order valence-electron chi connectivity index (χ1n) is 8.85. The van der Waals surface area contributed by atoms with Crippen molar-refractivity contribution in [1.29, 1.82) is 0 Å². The second kappa shape index (κ2) is 7.69. The first-order valence-corrected chi connectivity index (χ1v) is 8.85. The fourth-order valence-electron chi connectivity index (χ4n) is 2.92. The van der Waals surface area contributed by atoms with Crippen LogP contribution in [0.3, 0.4) is 0 Å². The molecule has 3 rings (SSSR count). The van der Waals surface area contributed by atoms with Gasteiger partial charge in [0, 0.05) is 16.8 Å². The second-order valence-corrected chi connectivity index (χ2v) is 6.81. The van der Waals surface area contributed by atoms with E-state index in [1.807, 2.05) is 12.1 Å². The normalized spacial score (nSPS) is 12.8. The Morgan fingerprint density at radius 2 is 1.83 bits per heavy atom. The van der Waals surface area contributed by atoms with Gasteiger partial charge in [0.15, 0.2) is 11.5 Å². The Hall–Kier alpha value is -3.17. The van der Waals surface area contributed by atoms with Gasteiger partial charge in [0.1, 0.15) is 0 Å². The second-order valence-electron chi connectivity index (χ2n) is 6.81. The van der Waals surface area contributed by atoms with E-state index in [0.29, 0.717) is 27.8 Å². The highest BCUT2D eigenvalue weighted by Gasteiger charge is 2.38. The van der Waals surface area contributed by atoms with Crippen molar-refractivity contribution in [2.24, 2.45) is 5.92 Å². The molecular weight excluding hydrogens is 387 g/mol. The number of esters is 1. The first-order chi connectivity index (χ1) is 13.6. The van der Waals surface area contributed by atoms with E-state index in [2.05, 4.69) is 20.6 Å². The number of nitrogens with one attached hydrogen (secondary N) is 1. The third-order valence-electron chi connectivity index (χ3n) is 4.71. The van der Waals surface area contributed by atoms with Crippen molar-refractivity contribution >= 4 is 23.1 Å². The van der Waals surface area contributed by atoms with Crippen LogP contribution >= 0.6 is 0 Å². The molecule has 0 spiro atoms. The lowest BCUT2D eigenvalue weighted by atomic mass is 10.0. The van der Waals surface area contributed by atoms with E-state index in [-0.39, 0.29) is 23.4 Å². The topological polar surface area (TPSA) is 81.4 Å². The van der Waals surface area contributed by atoms with Crippen molar-refractivity contribution in [3.8, 4) is 0 Å². The van der Waals surface area contributed by atoms with Crippen LogP contribution in [-0.2, 0) is 22.1 Å². The summed E-state index contributed by atoms with van der Waals surface area (Å²) in [6.07, 6.45) is -4.14. The third-order valence-corrected chi connectivity index (χ3v) is 4.71. The smallest absolute Gasteiger partial charge is 0.453 e. The summed E-state index contributed by atoms with van der Waals surface area (Å²) in [6, 6.07) is 7.22. The maximum atomic E-state index is 13.2. The van der Waals surface area contributed by atoms with Crippen LogP contribution in [0.1, 0.15) is 29.4 Å². The summed E-state index contributed by atoms with van der Waals surface area (Å²) in [5, 5.41) is 14.0. The number of benzene rings is 1. The average Bonchev–Trinajstić information content (AvgIpc) is 3.11. The maximum absolute atomic E-state index is 13.2. The summed E-state index contributed by atoms with van der Waals surface area (Å²) in [6.45, 7) is 5.20. The number of alkyl halides is 3. The molecule has 154 valence electrons. The summed E-state index contributed by atoms with van der Waals surface area (Å²) in [5.74, 6) is -1.46. The number of carbonyl (C=O) groups excluding carboxylic acids is 1. The summed E-state index contributed by atoms with van der Waals surface area (Å²) in [5.41, 5.74) is 2.86. The SMILES string of the molecule is COC(=O)C(C)Cc1ccc(Nc2nn3c(C(F)(F)F)nnc3c(C)c2C)cc1. The highest BCUT2D eigenvalue weighted by Crippen LogP contribution is 2.30. The number of hydrogen-bond acceptors (Lipinski definition) is 6. The van der Waals surface area contributed by atoms with Crippen LogP contribution in [0.2, 0.25) is 0 Å². The van der Waals surface area contributed by atoms with E-state index >= 15 is 0 Å². The molecule has 1 unspecified atom stereocenters. The van der Waals surface area contributed by atoms with E-state index in [1.54, 1.807) is 32.9 Å². The molecule has 1 atom stereocenters. The number of aromatic nitrogens is 4. The van der Waals surface area contributed by atoms with E-state index < -0.39 is 12.0 Å². The minimum atomic E-state index is -4.66. The molecule has 0 aliphatic carbocycles. The van der Waals surface area contributed by atoms with Crippen molar-refractivity contribution in [2.45, 2.75) is 33.4 Å². The Balaban J connectivity index is 1.88. The molecule has 1 aromatic carbocycles. The number of anilines is 2. The lowest BCUT2D eigenvalue weighted by molar-refractivity contribution is -0.146. The van der Waals surface area contributed by atoms with Gasteiger partial charge in [-0.15, -0.1) is 15.3 Å². The molecule has 0 fully saturated rings. The summed E-state index contributed by atoms with van der Waals surface area (Å²) in [4.78, 5) is 11.5. The number of rotatable bonds is 5. The van der Waals surface area contributed by atoms with Crippen LogP contribution < -0.4 is 5.32 Å². The highest BCUT2D eigenvalue weighted by atomic mass is 19.4. The monoisotopic (exact) mass is 407 g/mol. The van der Waals surface area contributed by atoms with Gasteiger partial charge in [0.05, 0.1) is 13.0 Å². The van der Waals surface area contributed by atoms with Gasteiger partial charge in [0.25, 0.3) is 5.82 Å². The van der Waals surface area contributed by atoms with Crippen LogP contribution in [0.5, 0.6) is 0 Å². The Morgan fingerprint density at radius 3 is 2.41 bits per heavy atom. The lowest BCUT2D eigenvalue weighted by Gasteiger charge is -2.13. The number of hydrogen-bond donors (Lipinski definition) is 1. The molecule has 2 aromatic heterocycles. The fraction of sp³-hybridized carbons (Fsp3) is 0.368. The molecule has 0 saturated carbocycles. The van der Waals surface area contributed by atoms with Crippen molar-refractivity contribution < 1.29 is 22.7 Å². The zero-order valence-corrected chi connectivity index (χ0v) is 16.3. The third kappa shape index (κ3) is 4.15. The number of ether oxygens (including phenoxy) is 1. The summed E-state index contributed by atoms with van der Waals surface area (Å²) >= 11 is 0. The van der Waals surface area contributed by atoms with Gasteiger partial charge >= 0.3 is 12.1 Å². The van der Waals surface area contributed by atoms with Crippen LogP contribution in [0.4, 0.5) is 24.7 Å². The van der Waals surface area contributed by atoms with Gasteiger partial charge in [-0.05, 0) is 38.0 Å². The maximum Gasteiger partial charge on any atom is 0.453 e. The van der Waals surface area contributed by atoms with Gasteiger partial charge in [-0.3, -0.25) is 4.79 Å². The van der Waals surface area contributed by atoms with Crippen molar-refractivity contribution in [2.75, 3.05) is 12.4 Å². The molecule has 3 aromatic rings. The molecule has 0 radical (unpaired) electrons. The fourth-order valence-corrected chi connectivity index (χ4v) is 2.92. The summed E-state index contributed by atoms with van der Waals surface area (Å²) < 4.78 is 44.9. The van der Waals surface area contributed by atoms with Gasteiger partial charge in [-0.25, -0.2) is 0 Å². The number of halogens is 3. The standard InChI is InChI=1S/C19H20F3N5O2/c1-10(17(28)29-4)9-13-5-7-14(8-6-13)23-15-11(2)12(3)16-24-25-18(19(20,21)22)27(16)26-15/h5-8,10H,9H2,1-4H3,(H,23,26). The van der Waals surface area contributed by atoms with Crippen LogP contribution in [0.25, 0.3) is 5.65 Å². The molecule has 0 saturated heterocycles. The van der Waals surface area contributed by atoms with E-state index in [9.17, 15) is 18.0 Å². The number of carbonyl (C=O) groups is 1. The minimum absolute atomic E-state index is 0.0625. The van der Waals surface area contributed by atoms with E-state index in [0.717, 1.165) is 5.56 Å². The molecule has 0 aliphatic rings. The molecule has 0 aliphatic heterocycles. The van der Waals surface area contributed by atoms with Gasteiger partial charge < -0.3 is 10.1 Å². The van der Waals surface area contributed by atoms with Gasteiger partial charge in [0.2, 0.25) is 0 Å². The molecule has 2 heterocycles. The average molecular weight is 407 g/mol. The highest BCUT2D eigenvalue weighted by molar-refractivity contribution is 5.72. The number of methoxy groups -OCH3 is 1. The van der Waals surface area contributed by atoms with Crippen molar-refractivity contribution in [3.63, 3.8) is 0 Å². The Bertz CT molecular complexity index is 1040. The van der Waals surface area contributed by atoms with Crippen molar-refractivity contribution in [1.82, 2.24) is 19.8 Å². The Morgan fingerprint density at radius 1 is 1.17 bits per heavy atom. The van der Waals surface area contributed by atoms with E-state index in [4.69, 9.17) is 4.74 Å². The zero-order valence-electron chi connectivity index (χ0n) is 16.3. The zero-order chi connectivity index (χ0) is 21.3. The van der Waals surface area contributed by atoms with Crippen LogP contribution in [0, 0.1) is 19.8 Å². The predicted molar refractivity (Wildman–Crippen MR) is 99.9 cm³/mol. The predicted octanol–water partition coefficient (Wildman–Crippen LogP) is 3.86.